The van der Waals surface area contributed by atoms with Crippen LogP contribution in [0.2, 0.25) is 18.1 Å². The molecule has 0 spiro atoms. The number of hydrogen-bond acceptors (Lipinski definition) is 2. The third-order valence-corrected chi connectivity index (χ3v) is 8.08. The zero-order valence-electron chi connectivity index (χ0n) is 9.84. The summed E-state index contributed by atoms with van der Waals surface area (Å²) in [4.78, 5) is 0. The van der Waals surface area contributed by atoms with E-state index < -0.39 is 8.32 Å². The molecule has 0 amide bonds. The normalized spacial score (nSPS) is 23.8. The highest BCUT2D eigenvalue weighted by molar-refractivity contribution is 6.73. The predicted octanol–water partition coefficient (Wildman–Crippen LogP) is 3.53. The van der Waals surface area contributed by atoms with Gasteiger partial charge in [-0.3, -0.25) is 0 Å². The summed E-state index contributed by atoms with van der Waals surface area (Å²) in [6.45, 7) is 7.69. The zero-order valence-corrected chi connectivity index (χ0v) is 10.8. The van der Waals surface area contributed by atoms with Gasteiger partial charge in [0.15, 0.2) is 8.32 Å². The molecule has 1 fully saturated rings. The van der Waals surface area contributed by atoms with Gasteiger partial charge in [-0.1, -0.05) is 20.8 Å². The molecule has 1 aliphatic rings. The van der Waals surface area contributed by atoms with Gasteiger partial charge in [0.05, 0.1) is 0 Å². The monoisotopic (exact) mass is 216 g/mol. The standard InChI is InChI=1S/C11H24O2Si/c1-4-14(5-2,6-3)13-11-9-7-8-10-12-11/h11H,4-10H2,1-3H3. The maximum Gasteiger partial charge on any atom is 0.195 e. The molecule has 0 aromatic rings. The summed E-state index contributed by atoms with van der Waals surface area (Å²) >= 11 is 0. The Bertz CT molecular complexity index is 143. The van der Waals surface area contributed by atoms with Crippen LogP contribution in [-0.2, 0) is 9.16 Å². The van der Waals surface area contributed by atoms with Crippen molar-refractivity contribution in [1.82, 2.24) is 0 Å². The minimum absolute atomic E-state index is 0.121. The van der Waals surface area contributed by atoms with Crippen LogP contribution in [-0.4, -0.2) is 21.2 Å². The molecule has 0 bridgehead atoms. The van der Waals surface area contributed by atoms with Crippen molar-refractivity contribution >= 4 is 8.32 Å². The van der Waals surface area contributed by atoms with E-state index in [1.54, 1.807) is 0 Å². The molecule has 0 radical (unpaired) electrons. The molecule has 2 nitrogen and oxygen atoms in total. The fraction of sp³-hybridized carbons (Fsp3) is 1.00. The fourth-order valence-corrected chi connectivity index (χ4v) is 4.83. The van der Waals surface area contributed by atoms with Crippen LogP contribution >= 0.6 is 0 Å². The molecule has 1 unspecified atom stereocenters. The smallest absolute Gasteiger partial charge is 0.195 e. The molecule has 1 atom stereocenters. The molecule has 0 saturated carbocycles. The first-order chi connectivity index (χ1) is 6.76. The topological polar surface area (TPSA) is 18.5 Å². The molecule has 0 aromatic heterocycles. The molecule has 14 heavy (non-hydrogen) atoms. The lowest BCUT2D eigenvalue weighted by Gasteiger charge is -2.34. The van der Waals surface area contributed by atoms with E-state index in [2.05, 4.69) is 20.8 Å². The van der Waals surface area contributed by atoms with Crippen LogP contribution < -0.4 is 0 Å². The van der Waals surface area contributed by atoms with E-state index in [1.807, 2.05) is 0 Å². The summed E-state index contributed by atoms with van der Waals surface area (Å²) in [6.07, 6.45) is 3.70. The first kappa shape index (κ1) is 12.2. The van der Waals surface area contributed by atoms with Gasteiger partial charge in [0.1, 0.15) is 6.29 Å². The SMILES string of the molecule is CC[Si](CC)(CC)OC1CCCCO1. The van der Waals surface area contributed by atoms with Crippen LogP contribution in [0.3, 0.4) is 0 Å². The highest BCUT2D eigenvalue weighted by Gasteiger charge is 2.32. The van der Waals surface area contributed by atoms with Crippen LogP contribution in [0.5, 0.6) is 0 Å². The molecular formula is C11H24O2Si. The lowest BCUT2D eigenvalue weighted by atomic mass is 10.2. The average molecular weight is 216 g/mol. The van der Waals surface area contributed by atoms with Crippen LogP contribution in [0.25, 0.3) is 0 Å². The lowest BCUT2D eigenvalue weighted by Crippen LogP contribution is -2.41. The Labute approximate surface area is 89.1 Å². The Balaban J connectivity index is 2.44. The Hall–Kier alpha value is 0.137. The molecule has 0 N–H and O–H groups in total. The quantitative estimate of drug-likeness (QED) is 0.655. The molecular weight excluding hydrogens is 192 g/mol. The Kier molecular flexibility index (Phi) is 5.13. The summed E-state index contributed by atoms with van der Waals surface area (Å²) < 4.78 is 11.9. The Morgan fingerprint density at radius 3 is 2.21 bits per heavy atom. The van der Waals surface area contributed by atoms with Gasteiger partial charge in [0.2, 0.25) is 0 Å². The summed E-state index contributed by atoms with van der Waals surface area (Å²) in [5.41, 5.74) is 0. The van der Waals surface area contributed by atoms with E-state index in [-0.39, 0.29) is 6.29 Å². The van der Waals surface area contributed by atoms with Gasteiger partial charge in [-0.2, -0.15) is 0 Å². The summed E-state index contributed by atoms with van der Waals surface area (Å²) in [6, 6.07) is 3.67. The average Bonchev–Trinajstić information content (AvgIpc) is 2.28. The minimum atomic E-state index is -1.43. The number of ether oxygens (including phenoxy) is 1. The van der Waals surface area contributed by atoms with Crippen molar-refractivity contribution in [2.45, 2.75) is 64.5 Å². The Morgan fingerprint density at radius 2 is 1.79 bits per heavy atom. The fourth-order valence-electron chi connectivity index (χ4n) is 2.08. The highest BCUT2D eigenvalue weighted by Crippen LogP contribution is 2.26. The van der Waals surface area contributed by atoms with Crippen LogP contribution in [0.15, 0.2) is 0 Å². The van der Waals surface area contributed by atoms with Crippen molar-refractivity contribution < 1.29 is 9.16 Å². The van der Waals surface area contributed by atoms with E-state index in [9.17, 15) is 0 Å². The first-order valence-corrected chi connectivity index (χ1v) is 8.58. The molecule has 1 saturated heterocycles. The molecule has 0 aliphatic carbocycles. The van der Waals surface area contributed by atoms with Crippen molar-refractivity contribution in [1.29, 1.82) is 0 Å². The molecule has 84 valence electrons. The maximum absolute atomic E-state index is 6.24. The largest absolute Gasteiger partial charge is 0.392 e. The number of rotatable bonds is 5. The lowest BCUT2D eigenvalue weighted by molar-refractivity contribution is -0.112. The van der Waals surface area contributed by atoms with E-state index >= 15 is 0 Å². The second kappa shape index (κ2) is 5.88. The van der Waals surface area contributed by atoms with E-state index in [1.165, 1.54) is 31.0 Å². The van der Waals surface area contributed by atoms with Gasteiger partial charge in [0, 0.05) is 6.61 Å². The highest BCUT2D eigenvalue weighted by atomic mass is 28.4. The van der Waals surface area contributed by atoms with Crippen molar-refractivity contribution in [2.75, 3.05) is 6.61 Å². The van der Waals surface area contributed by atoms with Gasteiger partial charge in [-0.05, 0) is 37.4 Å². The van der Waals surface area contributed by atoms with Gasteiger partial charge in [0.25, 0.3) is 0 Å². The number of hydrogen-bond donors (Lipinski definition) is 0. The maximum atomic E-state index is 6.24. The van der Waals surface area contributed by atoms with Gasteiger partial charge in [-0.25, -0.2) is 0 Å². The van der Waals surface area contributed by atoms with Crippen molar-refractivity contribution in [3.05, 3.63) is 0 Å². The second-order valence-electron chi connectivity index (χ2n) is 4.16. The summed E-state index contributed by atoms with van der Waals surface area (Å²) in [5, 5.41) is 0. The van der Waals surface area contributed by atoms with Gasteiger partial charge in [-0.15, -0.1) is 0 Å². The van der Waals surface area contributed by atoms with Crippen molar-refractivity contribution in [3.63, 3.8) is 0 Å². The van der Waals surface area contributed by atoms with Crippen LogP contribution in [0.1, 0.15) is 40.0 Å². The minimum Gasteiger partial charge on any atom is -0.392 e. The molecule has 1 heterocycles. The van der Waals surface area contributed by atoms with Crippen molar-refractivity contribution in [3.8, 4) is 0 Å². The molecule has 0 aromatic carbocycles. The predicted molar refractivity (Wildman–Crippen MR) is 61.9 cm³/mol. The van der Waals surface area contributed by atoms with Crippen LogP contribution in [0.4, 0.5) is 0 Å². The van der Waals surface area contributed by atoms with Gasteiger partial charge < -0.3 is 9.16 Å². The van der Waals surface area contributed by atoms with E-state index in [0.29, 0.717) is 0 Å². The third kappa shape index (κ3) is 3.07. The molecule has 1 rings (SSSR count). The molecule has 1 aliphatic heterocycles. The summed E-state index contributed by atoms with van der Waals surface area (Å²) in [5.74, 6) is 0. The first-order valence-electron chi connectivity index (χ1n) is 6.05. The van der Waals surface area contributed by atoms with Gasteiger partial charge >= 0.3 is 0 Å². The zero-order chi connectivity index (χ0) is 10.4. The van der Waals surface area contributed by atoms with E-state index in [4.69, 9.17) is 9.16 Å². The van der Waals surface area contributed by atoms with Crippen LogP contribution in [0, 0.1) is 0 Å². The third-order valence-electron chi connectivity index (χ3n) is 3.45. The molecule has 3 heteroatoms. The summed E-state index contributed by atoms with van der Waals surface area (Å²) in [7, 11) is -1.43. The van der Waals surface area contributed by atoms with E-state index in [0.717, 1.165) is 13.0 Å². The Morgan fingerprint density at radius 1 is 1.14 bits per heavy atom. The second-order valence-corrected chi connectivity index (χ2v) is 8.88. The van der Waals surface area contributed by atoms with Crippen molar-refractivity contribution in [2.24, 2.45) is 0 Å².